The van der Waals surface area contributed by atoms with Gasteiger partial charge in [0, 0.05) is 13.1 Å². The van der Waals surface area contributed by atoms with Crippen LogP contribution >= 0.6 is 11.8 Å². The third-order valence-electron chi connectivity index (χ3n) is 4.31. The molecule has 1 aromatic rings. The van der Waals surface area contributed by atoms with Crippen molar-refractivity contribution in [1.29, 1.82) is 0 Å². The molecular formula is C18H29N3OS. The van der Waals surface area contributed by atoms with E-state index < -0.39 is 6.04 Å². The Kier molecular flexibility index (Phi) is 7.92. The van der Waals surface area contributed by atoms with Crippen molar-refractivity contribution in [3.8, 4) is 0 Å². The molecule has 0 spiro atoms. The van der Waals surface area contributed by atoms with Gasteiger partial charge in [0.1, 0.15) is 0 Å². The number of piperidine rings is 1. The van der Waals surface area contributed by atoms with Gasteiger partial charge in [-0.05, 0) is 55.5 Å². The summed E-state index contributed by atoms with van der Waals surface area (Å²) in [4.78, 5) is 14.4. The van der Waals surface area contributed by atoms with E-state index in [1.54, 1.807) is 11.8 Å². The molecule has 3 N–H and O–H groups in total. The van der Waals surface area contributed by atoms with Gasteiger partial charge in [-0.3, -0.25) is 9.69 Å². The van der Waals surface area contributed by atoms with Crippen LogP contribution in [0.25, 0.3) is 0 Å². The number of hydrogen-bond acceptors (Lipinski definition) is 4. The van der Waals surface area contributed by atoms with Crippen LogP contribution in [0.3, 0.4) is 0 Å². The average Bonchev–Trinajstić information content (AvgIpc) is 2.59. The van der Waals surface area contributed by atoms with E-state index in [0.717, 1.165) is 24.3 Å². The lowest BCUT2D eigenvalue weighted by Gasteiger charge is -2.26. The number of carbonyl (C=O) groups is 1. The average molecular weight is 336 g/mol. The van der Waals surface area contributed by atoms with Crippen LogP contribution in [-0.2, 0) is 17.9 Å². The van der Waals surface area contributed by atoms with Crippen molar-refractivity contribution < 1.29 is 4.79 Å². The van der Waals surface area contributed by atoms with Gasteiger partial charge in [0.2, 0.25) is 5.91 Å². The summed E-state index contributed by atoms with van der Waals surface area (Å²) in [5.74, 6) is 0.858. The molecule has 2 rings (SSSR count). The summed E-state index contributed by atoms with van der Waals surface area (Å²) in [7, 11) is 0. The summed E-state index contributed by atoms with van der Waals surface area (Å²) in [5.41, 5.74) is 8.33. The molecule has 1 amide bonds. The Hall–Kier alpha value is -1.04. The predicted molar refractivity (Wildman–Crippen MR) is 98.4 cm³/mol. The highest BCUT2D eigenvalue weighted by Crippen LogP contribution is 2.13. The monoisotopic (exact) mass is 335 g/mol. The number of amides is 1. The van der Waals surface area contributed by atoms with Crippen molar-refractivity contribution >= 4 is 17.7 Å². The predicted octanol–water partition coefficient (Wildman–Crippen LogP) is 2.37. The van der Waals surface area contributed by atoms with Crippen LogP contribution in [0.2, 0.25) is 0 Å². The second-order valence-corrected chi connectivity index (χ2v) is 7.24. The Balaban J connectivity index is 1.74. The summed E-state index contributed by atoms with van der Waals surface area (Å²) in [6.07, 6.45) is 6.76. The standard InChI is InChI=1S/C18H29N3OS/c1-23-12-9-17(19)18(22)20-13-15-5-7-16(8-6-15)14-21-10-3-2-4-11-21/h5-8,17H,2-4,9-14,19H2,1H3,(H,20,22)/t17-/m0/s1. The summed E-state index contributed by atoms with van der Waals surface area (Å²) in [6, 6.07) is 8.15. The van der Waals surface area contributed by atoms with Crippen molar-refractivity contribution in [2.24, 2.45) is 5.73 Å². The number of nitrogens with zero attached hydrogens (tertiary/aromatic N) is 1. The van der Waals surface area contributed by atoms with Gasteiger partial charge in [0.25, 0.3) is 0 Å². The minimum atomic E-state index is -0.402. The second-order valence-electron chi connectivity index (χ2n) is 6.26. The van der Waals surface area contributed by atoms with Gasteiger partial charge in [-0.2, -0.15) is 11.8 Å². The number of hydrogen-bond donors (Lipinski definition) is 2. The summed E-state index contributed by atoms with van der Waals surface area (Å²) in [6.45, 7) is 4.01. The van der Waals surface area contributed by atoms with Crippen LogP contribution in [0.1, 0.15) is 36.8 Å². The van der Waals surface area contributed by atoms with Crippen molar-refractivity contribution in [3.63, 3.8) is 0 Å². The Bertz CT molecular complexity index is 472. The van der Waals surface area contributed by atoms with E-state index in [1.807, 2.05) is 6.26 Å². The maximum Gasteiger partial charge on any atom is 0.237 e. The first-order valence-corrected chi connectivity index (χ1v) is 9.91. The normalized spacial score (nSPS) is 17.0. The maximum absolute atomic E-state index is 11.9. The van der Waals surface area contributed by atoms with Crippen LogP contribution in [0.15, 0.2) is 24.3 Å². The number of likely N-dealkylation sites (tertiary alicyclic amines) is 1. The molecule has 1 heterocycles. The lowest BCUT2D eigenvalue weighted by molar-refractivity contribution is -0.122. The van der Waals surface area contributed by atoms with Crippen LogP contribution in [0.5, 0.6) is 0 Å². The molecule has 0 aromatic heterocycles. The van der Waals surface area contributed by atoms with Crippen molar-refractivity contribution in [2.45, 2.75) is 44.8 Å². The van der Waals surface area contributed by atoms with Gasteiger partial charge in [0.05, 0.1) is 6.04 Å². The zero-order valence-corrected chi connectivity index (χ0v) is 14.9. The van der Waals surface area contributed by atoms with Crippen molar-refractivity contribution in [2.75, 3.05) is 25.1 Å². The number of thioether (sulfide) groups is 1. The van der Waals surface area contributed by atoms with Gasteiger partial charge < -0.3 is 11.1 Å². The molecular weight excluding hydrogens is 306 g/mol. The molecule has 0 aliphatic carbocycles. The number of benzene rings is 1. The fraction of sp³-hybridized carbons (Fsp3) is 0.611. The Morgan fingerprint density at radius 1 is 1.22 bits per heavy atom. The highest BCUT2D eigenvalue weighted by molar-refractivity contribution is 7.98. The van der Waals surface area contributed by atoms with Gasteiger partial charge in [0.15, 0.2) is 0 Å². The number of carbonyl (C=O) groups excluding carboxylic acids is 1. The first-order valence-electron chi connectivity index (χ1n) is 8.51. The zero-order chi connectivity index (χ0) is 16.5. The van der Waals surface area contributed by atoms with E-state index >= 15 is 0 Å². The Morgan fingerprint density at radius 2 is 1.87 bits per heavy atom. The van der Waals surface area contributed by atoms with Crippen LogP contribution in [0.4, 0.5) is 0 Å². The largest absolute Gasteiger partial charge is 0.351 e. The molecule has 1 saturated heterocycles. The molecule has 1 atom stereocenters. The van der Waals surface area contributed by atoms with E-state index in [-0.39, 0.29) is 5.91 Å². The first kappa shape index (κ1) is 18.3. The zero-order valence-electron chi connectivity index (χ0n) is 14.1. The quantitative estimate of drug-likeness (QED) is 0.766. The molecule has 0 unspecified atom stereocenters. The van der Waals surface area contributed by atoms with E-state index in [2.05, 4.69) is 34.5 Å². The second kappa shape index (κ2) is 9.96. The SMILES string of the molecule is CSCC[C@H](N)C(=O)NCc1ccc(CN2CCCCC2)cc1. The minimum absolute atomic E-state index is 0.0588. The third-order valence-corrected chi connectivity index (χ3v) is 4.96. The van der Waals surface area contributed by atoms with Gasteiger partial charge >= 0.3 is 0 Å². The highest BCUT2D eigenvalue weighted by atomic mass is 32.2. The molecule has 5 heteroatoms. The summed E-state index contributed by atoms with van der Waals surface area (Å²) < 4.78 is 0. The minimum Gasteiger partial charge on any atom is -0.351 e. The summed E-state index contributed by atoms with van der Waals surface area (Å²) in [5, 5.41) is 2.92. The smallest absolute Gasteiger partial charge is 0.237 e. The molecule has 0 bridgehead atoms. The fourth-order valence-corrected chi connectivity index (χ4v) is 3.32. The van der Waals surface area contributed by atoms with E-state index in [9.17, 15) is 4.79 Å². The van der Waals surface area contributed by atoms with Crippen molar-refractivity contribution in [3.05, 3.63) is 35.4 Å². The molecule has 0 saturated carbocycles. The third kappa shape index (κ3) is 6.53. The molecule has 1 aliphatic heterocycles. The lowest BCUT2D eigenvalue weighted by Crippen LogP contribution is -2.40. The molecule has 1 aliphatic rings. The molecule has 0 radical (unpaired) electrons. The van der Waals surface area contributed by atoms with Crippen LogP contribution < -0.4 is 11.1 Å². The highest BCUT2D eigenvalue weighted by Gasteiger charge is 2.12. The molecule has 1 aromatic carbocycles. The van der Waals surface area contributed by atoms with Crippen molar-refractivity contribution in [1.82, 2.24) is 10.2 Å². The number of rotatable bonds is 8. The van der Waals surface area contributed by atoms with Gasteiger partial charge in [-0.1, -0.05) is 30.7 Å². The van der Waals surface area contributed by atoms with Gasteiger partial charge in [-0.25, -0.2) is 0 Å². The van der Waals surface area contributed by atoms with Crippen LogP contribution in [-0.4, -0.2) is 41.9 Å². The number of nitrogens with two attached hydrogens (primary N) is 1. The molecule has 23 heavy (non-hydrogen) atoms. The lowest BCUT2D eigenvalue weighted by atomic mass is 10.1. The topological polar surface area (TPSA) is 58.4 Å². The summed E-state index contributed by atoms with van der Waals surface area (Å²) >= 11 is 1.71. The fourth-order valence-electron chi connectivity index (χ4n) is 2.83. The first-order chi connectivity index (χ1) is 11.2. The molecule has 1 fully saturated rings. The molecule has 128 valence electrons. The van der Waals surface area contributed by atoms with Crippen LogP contribution in [0, 0.1) is 0 Å². The van der Waals surface area contributed by atoms with E-state index in [0.29, 0.717) is 6.54 Å². The van der Waals surface area contributed by atoms with E-state index in [4.69, 9.17) is 5.73 Å². The Labute approximate surface area is 144 Å². The van der Waals surface area contributed by atoms with Gasteiger partial charge in [-0.15, -0.1) is 0 Å². The maximum atomic E-state index is 11.9. The number of nitrogens with one attached hydrogen (secondary N) is 1. The molecule has 4 nitrogen and oxygen atoms in total. The van der Waals surface area contributed by atoms with E-state index in [1.165, 1.54) is 37.9 Å². The Morgan fingerprint density at radius 3 is 2.52 bits per heavy atom.